The maximum absolute atomic E-state index is 12.1. The summed E-state index contributed by atoms with van der Waals surface area (Å²) in [6.45, 7) is 0. The van der Waals surface area contributed by atoms with Gasteiger partial charge in [0, 0.05) is 11.9 Å². The van der Waals surface area contributed by atoms with Crippen LogP contribution in [0, 0.1) is 0 Å². The van der Waals surface area contributed by atoms with E-state index >= 15 is 0 Å². The van der Waals surface area contributed by atoms with Crippen molar-refractivity contribution in [3.8, 4) is 0 Å². The molecule has 1 aromatic carbocycles. The molecule has 1 aliphatic heterocycles. The highest BCUT2D eigenvalue weighted by Gasteiger charge is 2.25. The quantitative estimate of drug-likeness (QED) is 0.763. The van der Waals surface area contributed by atoms with Crippen LogP contribution in [0.3, 0.4) is 0 Å². The average Bonchev–Trinajstić information content (AvgIpc) is 2.93. The second-order valence-electron chi connectivity index (χ2n) is 4.68. The summed E-state index contributed by atoms with van der Waals surface area (Å²) in [5, 5.41) is 11.9. The highest BCUT2D eigenvalue weighted by molar-refractivity contribution is 6.01. The first-order valence-electron chi connectivity index (χ1n) is 6.43. The van der Waals surface area contributed by atoms with Gasteiger partial charge in [0.15, 0.2) is 0 Å². The predicted octanol–water partition coefficient (Wildman–Crippen LogP) is 1.09. The lowest BCUT2D eigenvalue weighted by Crippen LogP contribution is -2.43. The van der Waals surface area contributed by atoms with Crippen molar-refractivity contribution in [3.05, 3.63) is 47.8 Å². The fourth-order valence-electron chi connectivity index (χ4n) is 2.27. The Kier molecular flexibility index (Phi) is 3.20. The van der Waals surface area contributed by atoms with Gasteiger partial charge in [0.2, 0.25) is 5.91 Å². The first-order valence-corrected chi connectivity index (χ1v) is 6.43. The van der Waals surface area contributed by atoms with Gasteiger partial charge in [-0.25, -0.2) is 0 Å². The van der Waals surface area contributed by atoms with Crippen LogP contribution >= 0.6 is 0 Å². The van der Waals surface area contributed by atoms with Crippen LogP contribution in [0.25, 0.3) is 0 Å². The number of carbonyl (C=O) groups excluding carboxylic acids is 2. The minimum absolute atomic E-state index is 0.192. The minimum Gasteiger partial charge on any atom is -0.339 e. The van der Waals surface area contributed by atoms with Crippen molar-refractivity contribution >= 4 is 17.5 Å². The SMILES string of the molecule is O=C(NC1CCc2ccccc2NC1=O)c1ccn[nH]1. The number of para-hydroxylation sites is 1. The molecule has 0 aliphatic carbocycles. The second-order valence-corrected chi connectivity index (χ2v) is 4.68. The van der Waals surface area contributed by atoms with Crippen molar-refractivity contribution in [2.45, 2.75) is 18.9 Å². The Balaban J connectivity index is 1.73. The van der Waals surface area contributed by atoms with E-state index in [4.69, 9.17) is 0 Å². The third-order valence-electron chi connectivity index (χ3n) is 3.34. The van der Waals surface area contributed by atoms with Gasteiger partial charge in [-0.05, 0) is 30.5 Å². The first-order chi connectivity index (χ1) is 9.74. The summed E-state index contributed by atoms with van der Waals surface area (Å²) in [6, 6.07) is 8.69. The second kappa shape index (κ2) is 5.16. The number of fused-ring (bicyclic) bond motifs is 1. The van der Waals surface area contributed by atoms with E-state index in [1.54, 1.807) is 6.07 Å². The maximum atomic E-state index is 12.1. The molecule has 3 N–H and O–H groups in total. The lowest BCUT2D eigenvalue weighted by atomic mass is 10.1. The summed E-state index contributed by atoms with van der Waals surface area (Å²) < 4.78 is 0. The van der Waals surface area contributed by atoms with Gasteiger partial charge in [0.25, 0.3) is 5.91 Å². The number of anilines is 1. The number of rotatable bonds is 2. The van der Waals surface area contributed by atoms with Crippen LogP contribution in [-0.4, -0.2) is 28.1 Å². The molecule has 6 nitrogen and oxygen atoms in total. The maximum Gasteiger partial charge on any atom is 0.269 e. The molecule has 1 atom stereocenters. The van der Waals surface area contributed by atoms with Crippen molar-refractivity contribution in [1.82, 2.24) is 15.5 Å². The van der Waals surface area contributed by atoms with Gasteiger partial charge in [-0.2, -0.15) is 5.10 Å². The van der Waals surface area contributed by atoms with Crippen LogP contribution in [-0.2, 0) is 11.2 Å². The highest BCUT2D eigenvalue weighted by atomic mass is 16.2. The number of aryl methyl sites for hydroxylation is 1. The number of amides is 2. The largest absolute Gasteiger partial charge is 0.339 e. The molecule has 20 heavy (non-hydrogen) atoms. The lowest BCUT2D eigenvalue weighted by Gasteiger charge is -2.14. The normalized spacial score (nSPS) is 17.8. The van der Waals surface area contributed by atoms with E-state index in [2.05, 4.69) is 20.8 Å². The Morgan fingerprint density at radius 2 is 2.15 bits per heavy atom. The number of carbonyl (C=O) groups is 2. The molecule has 0 spiro atoms. The molecule has 1 unspecified atom stereocenters. The summed E-state index contributed by atoms with van der Waals surface area (Å²) in [5.74, 6) is -0.517. The molecule has 0 fully saturated rings. The zero-order valence-electron chi connectivity index (χ0n) is 10.7. The Morgan fingerprint density at radius 3 is 2.95 bits per heavy atom. The van der Waals surface area contributed by atoms with Gasteiger partial charge in [0.05, 0.1) is 0 Å². The zero-order valence-corrected chi connectivity index (χ0v) is 10.7. The Labute approximate surface area is 115 Å². The first kappa shape index (κ1) is 12.4. The number of hydrogen-bond donors (Lipinski definition) is 3. The summed E-state index contributed by atoms with van der Waals surface area (Å²) in [6.07, 6.45) is 2.81. The standard InChI is InChI=1S/C14H14N4O2/c19-13-11(17-14(20)12-7-8-15-18-12)6-5-9-3-1-2-4-10(9)16-13/h1-4,7-8,11H,5-6H2,(H,15,18)(H,16,19)(H,17,20). The number of hydrogen-bond acceptors (Lipinski definition) is 3. The van der Waals surface area contributed by atoms with Gasteiger partial charge < -0.3 is 10.6 Å². The summed E-state index contributed by atoms with van der Waals surface area (Å²) in [5.41, 5.74) is 2.24. The molecular weight excluding hydrogens is 256 g/mol. The van der Waals surface area contributed by atoms with E-state index in [1.165, 1.54) is 6.20 Å². The van der Waals surface area contributed by atoms with Crippen molar-refractivity contribution in [2.24, 2.45) is 0 Å². The van der Waals surface area contributed by atoms with Gasteiger partial charge in [-0.1, -0.05) is 18.2 Å². The molecule has 2 heterocycles. The van der Waals surface area contributed by atoms with Crippen molar-refractivity contribution in [1.29, 1.82) is 0 Å². The molecule has 2 aromatic rings. The number of aromatic nitrogens is 2. The minimum atomic E-state index is -0.543. The molecule has 0 bridgehead atoms. The van der Waals surface area contributed by atoms with E-state index < -0.39 is 6.04 Å². The highest BCUT2D eigenvalue weighted by Crippen LogP contribution is 2.21. The average molecular weight is 270 g/mol. The van der Waals surface area contributed by atoms with E-state index in [0.29, 0.717) is 12.1 Å². The van der Waals surface area contributed by atoms with E-state index in [-0.39, 0.29) is 11.8 Å². The molecule has 3 rings (SSSR count). The number of nitrogens with zero attached hydrogens (tertiary/aromatic N) is 1. The van der Waals surface area contributed by atoms with Crippen LogP contribution in [0.2, 0.25) is 0 Å². The molecule has 102 valence electrons. The van der Waals surface area contributed by atoms with Crippen molar-refractivity contribution in [3.63, 3.8) is 0 Å². The summed E-state index contributed by atoms with van der Waals surface area (Å²) in [7, 11) is 0. The molecule has 0 saturated heterocycles. The Hall–Kier alpha value is -2.63. The van der Waals surface area contributed by atoms with E-state index in [1.807, 2.05) is 24.3 Å². The van der Waals surface area contributed by atoms with Crippen LogP contribution in [0.4, 0.5) is 5.69 Å². The molecule has 1 aliphatic rings. The lowest BCUT2D eigenvalue weighted by molar-refractivity contribution is -0.118. The van der Waals surface area contributed by atoms with Gasteiger partial charge in [-0.3, -0.25) is 14.7 Å². The van der Waals surface area contributed by atoms with E-state index in [9.17, 15) is 9.59 Å². The van der Waals surface area contributed by atoms with E-state index in [0.717, 1.165) is 17.7 Å². The van der Waals surface area contributed by atoms with Gasteiger partial charge >= 0.3 is 0 Å². The van der Waals surface area contributed by atoms with Crippen LogP contribution in [0.5, 0.6) is 0 Å². The topological polar surface area (TPSA) is 86.9 Å². The predicted molar refractivity (Wildman–Crippen MR) is 73.2 cm³/mol. The smallest absolute Gasteiger partial charge is 0.269 e. The number of H-pyrrole nitrogens is 1. The van der Waals surface area contributed by atoms with Gasteiger partial charge in [0.1, 0.15) is 11.7 Å². The Bertz CT molecular complexity index is 636. The number of nitrogens with one attached hydrogen (secondary N) is 3. The third kappa shape index (κ3) is 2.40. The molecule has 6 heteroatoms. The van der Waals surface area contributed by atoms with Crippen molar-refractivity contribution < 1.29 is 9.59 Å². The van der Waals surface area contributed by atoms with Crippen LogP contribution in [0.15, 0.2) is 36.5 Å². The number of aromatic amines is 1. The molecule has 1 aromatic heterocycles. The summed E-state index contributed by atoms with van der Waals surface area (Å²) >= 11 is 0. The molecule has 0 radical (unpaired) electrons. The zero-order chi connectivity index (χ0) is 13.9. The Morgan fingerprint density at radius 1 is 1.30 bits per heavy atom. The fraction of sp³-hybridized carbons (Fsp3) is 0.214. The molecular formula is C14H14N4O2. The third-order valence-corrected chi connectivity index (χ3v) is 3.34. The molecule has 0 saturated carbocycles. The van der Waals surface area contributed by atoms with Crippen LogP contribution in [0.1, 0.15) is 22.5 Å². The molecule has 2 amide bonds. The van der Waals surface area contributed by atoms with Crippen molar-refractivity contribution in [2.75, 3.05) is 5.32 Å². The monoisotopic (exact) mass is 270 g/mol. The fourth-order valence-corrected chi connectivity index (χ4v) is 2.27. The van der Waals surface area contributed by atoms with Crippen LogP contribution < -0.4 is 10.6 Å². The number of benzene rings is 1. The summed E-state index contributed by atoms with van der Waals surface area (Å²) in [4.78, 5) is 24.1. The van der Waals surface area contributed by atoms with Gasteiger partial charge in [-0.15, -0.1) is 0 Å².